The zero-order valence-corrected chi connectivity index (χ0v) is 17.2. The van der Waals surface area contributed by atoms with Crippen molar-refractivity contribution in [3.8, 4) is 11.1 Å². The van der Waals surface area contributed by atoms with Crippen molar-refractivity contribution in [3.05, 3.63) is 88.3 Å². The molecule has 0 fully saturated rings. The molecule has 8 heteroatoms. The number of aliphatic imine (C=N–C) groups is 1. The van der Waals surface area contributed by atoms with Gasteiger partial charge in [0.2, 0.25) is 5.79 Å². The fraction of sp³-hybridized carbons (Fsp3) is 0.261. The van der Waals surface area contributed by atoms with Crippen molar-refractivity contribution in [2.75, 3.05) is 26.2 Å². The minimum Gasteiger partial charge on any atom is -0.372 e. The molecule has 0 saturated heterocycles. The van der Waals surface area contributed by atoms with Gasteiger partial charge in [-0.1, -0.05) is 42.5 Å². The van der Waals surface area contributed by atoms with Gasteiger partial charge in [-0.2, -0.15) is 0 Å². The standard InChI is InChI=1S/C23H26N6O2/c24-23(26-12-10-22(27-23)25-11-5-15-28-13-1-2-14-28)20-8-3-6-18(16-20)19-7-4-9-21(17-19)29(30)31/h1-4,6-10,12,16-17,25,27H,5,11,13-15,24H2. The fourth-order valence-electron chi connectivity index (χ4n) is 3.72. The van der Waals surface area contributed by atoms with Crippen LogP contribution < -0.4 is 16.4 Å². The Morgan fingerprint density at radius 2 is 1.90 bits per heavy atom. The van der Waals surface area contributed by atoms with E-state index in [1.54, 1.807) is 18.3 Å². The largest absolute Gasteiger partial charge is 0.372 e. The van der Waals surface area contributed by atoms with E-state index in [1.165, 1.54) is 6.07 Å². The second-order valence-electron chi connectivity index (χ2n) is 7.65. The lowest BCUT2D eigenvalue weighted by molar-refractivity contribution is -0.384. The SMILES string of the molecule is NC1(c2cccc(-c3cccc([N+](=O)[O-])c3)c2)N=CC=C(NCCCN2CC=CC2)N1. The molecule has 1 atom stereocenters. The molecule has 0 aliphatic carbocycles. The smallest absolute Gasteiger partial charge is 0.270 e. The van der Waals surface area contributed by atoms with E-state index in [2.05, 4.69) is 32.7 Å². The number of benzene rings is 2. The lowest BCUT2D eigenvalue weighted by Crippen LogP contribution is -2.52. The maximum Gasteiger partial charge on any atom is 0.270 e. The molecule has 4 N–H and O–H groups in total. The van der Waals surface area contributed by atoms with E-state index in [1.807, 2.05) is 36.4 Å². The van der Waals surface area contributed by atoms with Gasteiger partial charge in [0, 0.05) is 50.1 Å². The van der Waals surface area contributed by atoms with Crippen LogP contribution in [0.1, 0.15) is 12.0 Å². The third-order valence-corrected chi connectivity index (χ3v) is 5.40. The summed E-state index contributed by atoms with van der Waals surface area (Å²) in [5.41, 5.74) is 9.00. The molecule has 160 valence electrons. The molecule has 8 nitrogen and oxygen atoms in total. The van der Waals surface area contributed by atoms with Gasteiger partial charge in [0.1, 0.15) is 5.82 Å². The van der Waals surface area contributed by atoms with Crippen LogP contribution >= 0.6 is 0 Å². The monoisotopic (exact) mass is 418 g/mol. The highest BCUT2D eigenvalue weighted by atomic mass is 16.6. The summed E-state index contributed by atoms with van der Waals surface area (Å²) < 4.78 is 0. The zero-order chi connectivity index (χ0) is 21.7. The molecule has 2 heterocycles. The van der Waals surface area contributed by atoms with Gasteiger partial charge in [0.15, 0.2) is 0 Å². The average molecular weight is 419 g/mol. The highest BCUT2D eigenvalue weighted by molar-refractivity contribution is 5.74. The molecule has 0 aromatic heterocycles. The summed E-state index contributed by atoms with van der Waals surface area (Å²) in [6, 6.07) is 14.1. The van der Waals surface area contributed by atoms with E-state index < -0.39 is 10.7 Å². The molecule has 0 spiro atoms. The maximum atomic E-state index is 11.1. The first-order valence-corrected chi connectivity index (χ1v) is 10.3. The minimum absolute atomic E-state index is 0.0540. The number of nitro groups is 1. The first-order valence-electron chi connectivity index (χ1n) is 10.3. The second kappa shape index (κ2) is 9.11. The number of nitrogens with one attached hydrogen (secondary N) is 2. The third-order valence-electron chi connectivity index (χ3n) is 5.40. The van der Waals surface area contributed by atoms with Crippen molar-refractivity contribution in [2.24, 2.45) is 10.7 Å². The van der Waals surface area contributed by atoms with Crippen LogP contribution in [-0.2, 0) is 5.79 Å². The molecule has 0 amide bonds. The maximum absolute atomic E-state index is 11.1. The van der Waals surface area contributed by atoms with Crippen LogP contribution in [0.15, 0.2) is 77.6 Å². The van der Waals surface area contributed by atoms with E-state index >= 15 is 0 Å². The molecular formula is C23H26N6O2. The second-order valence-corrected chi connectivity index (χ2v) is 7.65. The van der Waals surface area contributed by atoms with Crippen LogP contribution in [-0.4, -0.2) is 42.2 Å². The predicted octanol–water partition coefficient (Wildman–Crippen LogP) is 2.70. The van der Waals surface area contributed by atoms with Crippen molar-refractivity contribution in [2.45, 2.75) is 12.2 Å². The Bertz CT molecular complexity index is 1040. The summed E-state index contributed by atoms with van der Waals surface area (Å²) in [6.45, 7) is 3.92. The first-order chi connectivity index (χ1) is 15.0. The number of rotatable bonds is 8. The van der Waals surface area contributed by atoms with Gasteiger partial charge in [0.25, 0.3) is 5.69 Å². The Morgan fingerprint density at radius 1 is 1.16 bits per heavy atom. The van der Waals surface area contributed by atoms with Crippen molar-refractivity contribution < 1.29 is 4.92 Å². The molecule has 0 radical (unpaired) electrons. The predicted molar refractivity (Wildman–Crippen MR) is 122 cm³/mol. The number of nitrogens with two attached hydrogens (primary N) is 1. The Balaban J connectivity index is 1.42. The van der Waals surface area contributed by atoms with Gasteiger partial charge >= 0.3 is 0 Å². The van der Waals surface area contributed by atoms with Crippen LogP contribution in [0.5, 0.6) is 0 Å². The van der Waals surface area contributed by atoms with Crippen molar-refractivity contribution in [3.63, 3.8) is 0 Å². The van der Waals surface area contributed by atoms with E-state index in [9.17, 15) is 10.1 Å². The topological polar surface area (TPSA) is 109 Å². The molecule has 2 aliphatic rings. The van der Waals surface area contributed by atoms with Gasteiger partial charge in [-0.15, -0.1) is 0 Å². The minimum atomic E-state index is -1.12. The molecule has 31 heavy (non-hydrogen) atoms. The van der Waals surface area contributed by atoms with Gasteiger partial charge in [0.05, 0.1) is 4.92 Å². The van der Waals surface area contributed by atoms with Crippen molar-refractivity contribution in [1.29, 1.82) is 0 Å². The quantitative estimate of drug-likeness (QED) is 0.263. The summed E-state index contributed by atoms with van der Waals surface area (Å²) in [6.07, 6.45) is 8.98. The molecule has 2 aromatic carbocycles. The summed E-state index contributed by atoms with van der Waals surface area (Å²) >= 11 is 0. The summed E-state index contributed by atoms with van der Waals surface area (Å²) in [5.74, 6) is -0.301. The zero-order valence-electron chi connectivity index (χ0n) is 17.2. The summed E-state index contributed by atoms with van der Waals surface area (Å²) in [4.78, 5) is 17.6. The highest BCUT2D eigenvalue weighted by Crippen LogP contribution is 2.28. The molecule has 2 aromatic rings. The van der Waals surface area contributed by atoms with Crippen LogP contribution in [0.4, 0.5) is 5.69 Å². The summed E-state index contributed by atoms with van der Waals surface area (Å²) in [7, 11) is 0. The van der Waals surface area contributed by atoms with Gasteiger partial charge in [-0.3, -0.25) is 20.7 Å². The molecule has 1 unspecified atom stereocenters. The van der Waals surface area contributed by atoms with E-state index in [-0.39, 0.29) is 5.69 Å². The van der Waals surface area contributed by atoms with Crippen LogP contribution in [0.2, 0.25) is 0 Å². The number of nitrogens with zero attached hydrogens (tertiary/aromatic N) is 3. The Kier molecular flexibility index (Phi) is 6.11. The van der Waals surface area contributed by atoms with Crippen molar-refractivity contribution >= 4 is 11.9 Å². The first kappa shape index (κ1) is 20.8. The average Bonchev–Trinajstić information content (AvgIpc) is 3.31. The fourth-order valence-corrected chi connectivity index (χ4v) is 3.72. The Hall–Kier alpha value is -3.49. The number of hydrogen-bond donors (Lipinski definition) is 3. The number of allylic oxidation sites excluding steroid dienone is 1. The molecule has 4 rings (SSSR count). The van der Waals surface area contributed by atoms with Gasteiger partial charge in [-0.25, -0.2) is 4.99 Å². The van der Waals surface area contributed by atoms with Gasteiger partial charge < -0.3 is 10.6 Å². The van der Waals surface area contributed by atoms with Crippen LogP contribution in [0, 0.1) is 10.1 Å². The molecule has 0 bridgehead atoms. The lowest BCUT2D eigenvalue weighted by Gasteiger charge is -2.32. The highest BCUT2D eigenvalue weighted by Gasteiger charge is 2.28. The third kappa shape index (κ3) is 4.99. The Labute approximate surface area is 181 Å². The molecular weight excluding hydrogens is 392 g/mol. The normalized spacial score (nSPS) is 20.4. The van der Waals surface area contributed by atoms with E-state index in [0.29, 0.717) is 0 Å². The van der Waals surface area contributed by atoms with Gasteiger partial charge in [-0.05, 0) is 29.7 Å². The van der Waals surface area contributed by atoms with Crippen LogP contribution in [0.3, 0.4) is 0 Å². The number of non-ortho nitro benzene ring substituents is 1. The lowest BCUT2D eigenvalue weighted by atomic mass is 9.99. The number of nitro benzene ring substituents is 1. The van der Waals surface area contributed by atoms with E-state index in [4.69, 9.17) is 5.73 Å². The molecule has 0 saturated carbocycles. The molecule has 2 aliphatic heterocycles. The van der Waals surface area contributed by atoms with Crippen LogP contribution in [0.25, 0.3) is 11.1 Å². The number of hydrogen-bond acceptors (Lipinski definition) is 7. The summed E-state index contributed by atoms with van der Waals surface area (Å²) in [5, 5.41) is 17.8. The Morgan fingerprint density at radius 3 is 2.68 bits per heavy atom. The van der Waals surface area contributed by atoms with Crippen molar-refractivity contribution in [1.82, 2.24) is 15.5 Å². The van der Waals surface area contributed by atoms with E-state index in [0.717, 1.165) is 55.1 Å².